The molecule has 68 valence electrons. The van der Waals surface area contributed by atoms with Gasteiger partial charge in [0.15, 0.2) is 0 Å². The minimum Gasteiger partial charge on any atom is -0.192 e. The maximum Gasteiger partial charge on any atom is 0.102 e. The molecule has 0 spiro atoms. The molecule has 6 heteroatoms. The Bertz CT molecular complexity index is 381. The highest BCUT2D eigenvalue weighted by Crippen LogP contribution is 2.42. The van der Waals surface area contributed by atoms with Crippen molar-refractivity contribution in [2.75, 3.05) is 0 Å². The molecule has 1 aromatic rings. The number of thiol groups is 1. The number of rotatable bonds is 0. The predicted molar refractivity (Wildman–Crippen MR) is 58.4 cm³/mol. The van der Waals surface area contributed by atoms with Gasteiger partial charge in [0.25, 0.3) is 0 Å². The highest BCUT2D eigenvalue weighted by atomic mass is 35.5. The van der Waals surface area contributed by atoms with Crippen molar-refractivity contribution in [1.82, 2.24) is 0 Å². The van der Waals surface area contributed by atoms with Gasteiger partial charge in [0.05, 0.1) is 25.7 Å². The van der Waals surface area contributed by atoms with Crippen molar-refractivity contribution in [3.05, 3.63) is 25.7 Å². The Hall–Kier alpha value is 0.220. The minimum absolute atomic E-state index is 0.0659. The minimum atomic E-state index is 0.0659. The first-order valence-electron chi connectivity index (χ1n) is 2.95. The van der Waals surface area contributed by atoms with Gasteiger partial charge < -0.3 is 0 Å². The van der Waals surface area contributed by atoms with E-state index in [4.69, 9.17) is 51.7 Å². The first kappa shape index (κ1) is 11.3. The lowest BCUT2D eigenvalue weighted by Crippen LogP contribution is -1.85. The van der Waals surface area contributed by atoms with Crippen LogP contribution in [-0.2, 0) is 0 Å². The molecule has 1 aromatic carbocycles. The molecule has 0 bridgehead atoms. The van der Waals surface area contributed by atoms with E-state index in [1.807, 2.05) is 0 Å². The number of nitrogens with zero attached hydrogens (tertiary/aromatic N) is 1. The Labute approximate surface area is 101 Å². The second-order valence-electron chi connectivity index (χ2n) is 2.09. The molecule has 1 rings (SSSR count). The molecule has 0 saturated heterocycles. The molecule has 0 radical (unpaired) electrons. The summed E-state index contributed by atoms with van der Waals surface area (Å²) in [6, 6.07) is 1.81. The van der Waals surface area contributed by atoms with Crippen LogP contribution in [0.3, 0.4) is 0 Å². The van der Waals surface area contributed by atoms with Crippen LogP contribution in [0, 0.1) is 11.3 Å². The van der Waals surface area contributed by atoms with Gasteiger partial charge in [-0.15, -0.1) is 12.6 Å². The van der Waals surface area contributed by atoms with Crippen molar-refractivity contribution in [3.8, 4) is 6.07 Å². The zero-order chi connectivity index (χ0) is 10.2. The number of nitriles is 1. The third-order valence-corrected chi connectivity index (χ3v) is 3.77. The highest BCUT2D eigenvalue weighted by Gasteiger charge is 2.17. The van der Waals surface area contributed by atoms with Gasteiger partial charge in [-0.1, -0.05) is 46.4 Å². The molecule has 0 aliphatic carbocycles. The van der Waals surface area contributed by atoms with Gasteiger partial charge in [0.1, 0.15) is 6.07 Å². The molecule has 13 heavy (non-hydrogen) atoms. The van der Waals surface area contributed by atoms with Crippen molar-refractivity contribution in [2.45, 2.75) is 4.90 Å². The third-order valence-electron chi connectivity index (χ3n) is 1.35. The Kier molecular flexibility index (Phi) is 3.62. The van der Waals surface area contributed by atoms with Crippen LogP contribution in [0.2, 0.25) is 20.1 Å². The molecule has 0 amide bonds. The average molecular weight is 273 g/mol. The normalized spacial score (nSPS) is 9.85. The van der Waals surface area contributed by atoms with E-state index in [0.29, 0.717) is 0 Å². The van der Waals surface area contributed by atoms with E-state index in [1.165, 1.54) is 0 Å². The molecular weight excluding hydrogens is 272 g/mol. The van der Waals surface area contributed by atoms with Crippen LogP contribution in [0.4, 0.5) is 0 Å². The fraction of sp³-hybridized carbons (Fsp3) is 0. The van der Waals surface area contributed by atoms with Crippen LogP contribution in [0.5, 0.6) is 0 Å². The SMILES string of the molecule is N#Cc1c(Cl)c(Cl)c(S)c(Cl)c1Cl. The first-order valence-corrected chi connectivity index (χ1v) is 4.91. The summed E-state index contributed by atoms with van der Waals surface area (Å²) in [4.78, 5) is 0.275. The zero-order valence-corrected chi connectivity index (χ0v) is 9.82. The highest BCUT2D eigenvalue weighted by molar-refractivity contribution is 7.80. The zero-order valence-electron chi connectivity index (χ0n) is 5.91. The molecule has 0 N–H and O–H groups in total. The lowest BCUT2D eigenvalue weighted by molar-refractivity contribution is 1.42. The van der Waals surface area contributed by atoms with Crippen molar-refractivity contribution in [3.63, 3.8) is 0 Å². The van der Waals surface area contributed by atoms with Gasteiger partial charge >= 0.3 is 0 Å². The van der Waals surface area contributed by atoms with E-state index in [0.717, 1.165) is 0 Å². The number of hydrogen-bond acceptors (Lipinski definition) is 2. The summed E-state index contributed by atoms with van der Waals surface area (Å²) in [6.07, 6.45) is 0. The summed E-state index contributed by atoms with van der Waals surface area (Å²) in [6.45, 7) is 0. The third kappa shape index (κ3) is 1.86. The Balaban J connectivity index is 3.69. The van der Waals surface area contributed by atoms with E-state index in [2.05, 4.69) is 12.6 Å². The average Bonchev–Trinajstić information content (AvgIpc) is 2.13. The van der Waals surface area contributed by atoms with E-state index >= 15 is 0 Å². The van der Waals surface area contributed by atoms with Gasteiger partial charge in [-0.3, -0.25) is 0 Å². The van der Waals surface area contributed by atoms with E-state index in [1.54, 1.807) is 6.07 Å². The fourth-order valence-electron chi connectivity index (χ4n) is 0.718. The van der Waals surface area contributed by atoms with Gasteiger partial charge in [-0.2, -0.15) is 5.26 Å². The van der Waals surface area contributed by atoms with Crippen molar-refractivity contribution < 1.29 is 0 Å². The largest absolute Gasteiger partial charge is 0.192 e. The summed E-state index contributed by atoms with van der Waals surface area (Å²) in [5.41, 5.74) is 0.0659. The molecule has 0 unspecified atom stereocenters. The maximum atomic E-state index is 8.68. The summed E-state index contributed by atoms with van der Waals surface area (Å²) in [7, 11) is 0. The molecule has 0 saturated carbocycles. The van der Waals surface area contributed by atoms with Crippen LogP contribution in [0.25, 0.3) is 0 Å². The van der Waals surface area contributed by atoms with Gasteiger partial charge in [0.2, 0.25) is 0 Å². The van der Waals surface area contributed by atoms with E-state index in [-0.39, 0.29) is 30.5 Å². The second kappa shape index (κ2) is 4.16. The molecule has 0 heterocycles. The Morgan fingerprint density at radius 3 is 1.62 bits per heavy atom. The lowest BCUT2D eigenvalue weighted by Gasteiger charge is -2.06. The number of halogens is 4. The summed E-state index contributed by atoms with van der Waals surface area (Å²) >= 11 is 26.9. The van der Waals surface area contributed by atoms with Gasteiger partial charge in [-0.05, 0) is 0 Å². The summed E-state index contributed by atoms with van der Waals surface area (Å²) in [5, 5.41) is 9.09. The molecule has 1 nitrogen and oxygen atoms in total. The number of hydrogen-bond donors (Lipinski definition) is 1. The van der Waals surface area contributed by atoms with Crippen LogP contribution < -0.4 is 0 Å². The molecule has 0 aromatic heterocycles. The lowest BCUT2D eigenvalue weighted by atomic mass is 10.2. The molecule has 0 atom stereocenters. The monoisotopic (exact) mass is 271 g/mol. The van der Waals surface area contributed by atoms with Crippen molar-refractivity contribution >= 4 is 59.0 Å². The quantitative estimate of drug-likeness (QED) is 0.547. The standard InChI is InChI=1S/C7HCl4NS/c8-3-2(1-12)4(9)6(11)7(13)5(3)10/h13H. The van der Waals surface area contributed by atoms with Crippen molar-refractivity contribution in [2.24, 2.45) is 0 Å². The summed E-state index contributed by atoms with van der Waals surface area (Å²) in [5.74, 6) is 0. The summed E-state index contributed by atoms with van der Waals surface area (Å²) < 4.78 is 0. The molecular formula is C7HCl4NS. The Morgan fingerprint density at radius 1 is 0.923 bits per heavy atom. The van der Waals surface area contributed by atoms with Gasteiger partial charge in [0, 0.05) is 4.90 Å². The van der Waals surface area contributed by atoms with Crippen LogP contribution in [0.15, 0.2) is 4.90 Å². The van der Waals surface area contributed by atoms with Crippen molar-refractivity contribution in [1.29, 1.82) is 5.26 Å². The first-order chi connectivity index (χ1) is 6.00. The van der Waals surface area contributed by atoms with Crippen LogP contribution in [0.1, 0.15) is 5.56 Å². The second-order valence-corrected chi connectivity index (χ2v) is 4.05. The molecule has 0 aliphatic heterocycles. The molecule has 0 aliphatic rings. The Morgan fingerprint density at radius 2 is 1.31 bits per heavy atom. The van der Waals surface area contributed by atoms with Crippen LogP contribution >= 0.6 is 59.0 Å². The van der Waals surface area contributed by atoms with E-state index < -0.39 is 0 Å². The smallest absolute Gasteiger partial charge is 0.102 e. The van der Waals surface area contributed by atoms with Crippen LogP contribution in [-0.4, -0.2) is 0 Å². The fourth-order valence-corrected chi connectivity index (χ4v) is 2.01. The number of benzene rings is 1. The van der Waals surface area contributed by atoms with Gasteiger partial charge in [-0.25, -0.2) is 0 Å². The predicted octanol–water partition coefficient (Wildman–Crippen LogP) is 4.46. The maximum absolute atomic E-state index is 8.68. The van der Waals surface area contributed by atoms with E-state index in [9.17, 15) is 0 Å². The molecule has 0 fully saturated rings. The topological polar surface area (TPSA) is 23.8 Å².